The molecule has 2 aromatic carbocycles. The van der Waals surface area contributed by atoms with Crippen molar-refractivity contribution in [1.82, 2.24) is 9.88 Å². The van der Waals surface area contributed by atoms with E-state index in [0.717, 1.165) is 36.1 Å². The molecule has 0 radical (unpaired) electrons. The van der Waals surface area contributed by atoms with Gasteiger partial charge in [0.1, 0.15) is 0 Å². The van der Waals surface area contributed by atoms with Crippen molar-refractivity contribution in [2.75, 3.05) is 18.4 Å². The number of carbonyl (C=O) groups is 2. The zero-order valence-corrected chi connectivity index (χ0v) is 15.1. The minimum absolute atomic E-state index is 0.0153. The van der Waals surface area contributed by atoms with Crippen LogP contribution in [0.2, 0.25) is 0 Å². The van der Waals surface area contributed by atoms with Crippen LogP contribution in [0.1, 0.15) is 40.0 Å². The van der Waals surface area contributed by atoms with E-state index in [1.54, 1.807) is 23.7 Å². The largest absolute Gasteiger partial charge is 0.339 e. The highest BCUT2D eigenvalue weighted by molar-refractivity contribution is 7.16. The molecule has 2 heterocycles. The Labute approximate surface area is 155 Å². The van der Waals surface area contributed by atoms with Crippen LogP contribution in [0.25, 0.3) is 10.2 Å². The number of piperidine rings is 1. The Hall–Kier alpha value is -2.73. The number of anilines is 1. The average molecular weight is 365 g/mol. The first-order chi connectivity index (χ1) is 12.7. The smallest absolute Gasteiger partial charge is 0.255 e. The summed E-state index contributed by atoms with van der Waals surface area (Å²) in [7, 11) is 0. The number of nitrogens with one attached hydrogen (secondary N) is 1. The van der Waals surface area contributed by atoms with E-state index in [-0.39, 0.29) is 11.8 Å². The highest BCUT2D eigenvalue weighted by Crippen LogP contribution is 2.23. The first-order valence-corrected chi connectivity index (χ1v) is 9.63. The van der Waals surface area contributed by atoms with Crippen molar-refractivity contribution >= 4 is 39.1 Å². The number of rotatable bonds is 3. The molecule has 0 saturated carbocycles. The molecule has 5 nitrogen and oxygen atoms in total. The fraction of sp³-hybridized carbons (Fsp3) is 0.250. The van der Waals surface area contributed by atoms with E-state index in [1.165, 1.54) is 17.8 Å². The van der Waals surface area contributed by atoms with Crippen molar-refractivity contribution in [3.63, 3.8) is 0 Å². The minimum Gasteiger partial charge on any atom is -0.339 e. The second-order valence-corrected chi connectivity index (χ2v) is 7.27. The molecule has 26 heavy (non-hydrogen) atoms. The van der Waals surface area contributed by atoms with Crippen LogP contribution in [0.5, 0.6) is 0 Å². The molecule has 3 aromatic rings. The minimum atomic E-state index is -0.223. The summed E-state index contributed by atoms with van der Waals surface area (Å²) in [6.45, 7) is 1.56. The van der Waals surface area contributed by atoms with Crippen molar-refractivity contribution < 1.29 is 9.59 Å². The first-order valence-electron chi connectivity index (χ1n) is 8.75. The summed E-state index contributed by atoms with van der Waals surface area (Å²) in [6.07, 6.45) is 3.24. The van der Waals surface area contributed by atoms with Crippen LogP contribution in [0.3, 0.4) is 0 Å². The van der Waals surface area contributed by atoms with Gasteiger partial charge in [0.15, 0.2) is 0 Å². The molecule has 132 valence electrons. The van der Waals surface area contributed by atoms with E-state index in [0.29, 0.717) is 16.8 Å². The van der Waals surface area contributed by atoms with Gasteiger partial charge in [-0.2, -0.15) is 0 Å². The number of hydrogen-bond acceptors (Lipinski definition) is 4. The standard InChI is InChI=1S/C20H19N3O2S/c24-19(14-8-9-17-18(12-14)26-13-21-17)22-16-7-3-2-6-15(16)20(25)23-10-4-1-5-11-23/h2-3,6-9,12-13H,1,4-5,10-11H2,(H,22,24). The molecule has 1 saturated heterocycles. The molecule has 1 aliphatic rings. The lowest BCUT2D eigenvalue weighted by Gasteiger charge is -2.27. The number of benzene rings is 2. The third-order valence-electron chi connectivity index (χ3n) is 4.64. The van der Waals surface area contributed by atoms with Gasteiger partial charge < -0.3 is 10.2 Å². The Morgan fingerprint density at radius 2 is 1.85 bits per heavy atom. The second kappa shape index (κ2) is 7.25. The van der Waals surface area contributed by atoms with Crippen LogP contribution < -0.4 is 5.32 Å². The van der Waals surface area contributed by atoms with Crippen molar-refractivity contribution in [3.8, 4) is 0 Å². The summed E-state index contributed by atoms with van der Waals surface area (Å²) < 4.78 is 0.968. The number of likely N-dealkylation sites (tertiary alicyclic amines) is 1. The number of fused-ring (bicyclic) bond motifs is 1. The quantitative estimate of drug-likeness (QED) is 0.757. The predicted octanol–water partition coefficient (Wildman–Crippen LogP) is 4.17. The van der Waals surface area contributed by atoms with Gasteiger partial charge in [-0.3, -0.25) is 9.59 Å². The Kier molecular flexibility index (Phi) is 4.67. The average Bonchev–Trinajstić information content (AvgIpc) is 3.16. The van der Waals surface area contributed by atoms with E-state index in [4.69, 9.17) is 0 Å². The zero-order chi connectivity index (χ0) is 17.9. The number of para-hydroxylation sites is 1. The summed E-state index contributed by atoms with van der Waals surface area (Å²) in [4.78, 5) is 31.6. The lowest BCUT2D eigenvalue weighted by Crippen LogP contribution is -2.36. The van der Waals surface area contributed by atoms with Gasteiger partial charge in [0.05, 0.1) is 27.0 Å². The maximum absolute atomic E-state index is 12.8. The molecule has 1 aromatic heterocycles. The van der Waals surface area contributed by atoms with Gasteiger partial charge in [-0.1, -0.05) is 12.1 Å². The molecular weight excluding hydrogens is 346 g/mol. The van der Waals surface area contributed by atoms with Gasteiger partial charge in [0.25, 0.3) is 11.8 Å². The van der Waals surface area contributed by atoms with Gasteiger partial charge in [-0.05, 0) is 49.6 Å². The summed E-state index contributed by atoms with van der Waals surface area (Å²) in [5.41, 5.74) is 4.30. The molecule has 2 amide bonds. The molecule has 4 rings (SSSR count). The molecular formula is C20H19N3O2S. The van der Waals surface area contributed by atoms with Crippen LogP contribution in [-0.4, -0.2) is 34.8 Å². The fourth-order valence-corrected chi connectivity index (χ4v) is 3.95. The molecule has 0 aliphatic carbocycles. The third kappa shape index (κ3) is 3.32. The van der Waals surface area contributed by atoms with Crippen molar-refractivity contribution in [2.45, 2.75) is 19.3 Å². The van der Waals surface area contributed by atoms with E-state index in [2.05, 4.69) is 10.3 Å². The zero-order valence-electron chi connectivity index (χ0n) is 14.3. The number of aromatic nitrogens is 1. The molecule has 6 heteroatoms. The van der Waals surface area contributed by atoms with Crippen LogP contribution in [0.4, 0.5) is 5.69 Å². The maximum atomic E-state index is 12.8. The van der Waals surface area contributed by atoms with Crippen LogP contribution in [0.15, 0.2) is 48.0 Å². The summed E-state index contributed by atoms with van der Waals surface area (Å²) in [6, 6.07) is 12.6. The lowest BCUT2D eigenvalue weighted by molar-refractivity contribution is 0.0725. The Bertz CT molecular complexity index is 960. The van der Waals surface area contributed by atoms with Gasteiger partial charge in [-0.25, -0.2) is 4.98 Å². The highest BCUT2D eigenvalue weighted by atomic mass is 32.1. The fourth-order valence-electron chi connectivity index (χ4n) is 3.24. The number of amides is 2. The van der Waals surface area contributed by atoms with Crippen LogP contribution >= 0.6 is 11.3 Å². The van der Waals surface area contributed by atoms with Gasteiger partial charge in [0, 0.05) is 18.7 Å². The Morgan fingerprint density at radius 3 is 2.69 bits per heavy atom. The third-order valence-corrected chi connectivity index (χ3v) is 5.43. The molecule has 1 N–H and O–H groups in total. The second-order valence-electron chi connectivity index (χ2n) is 6.39. The monoisotopic (exact) mass is 365 g/mol. The first kappa shape index (κ1) is 16.7. The Balaban J connectivity index is 1.57. The van der Waals surface area contributed by atoms with Gasteiger partial charge in [0.2, 0.25) is 0 Å². The predicted molar refractivity (Wildman–Crippen MR) is 104 cm³/mol. The SMILES string of the molecule is O=C(Nc1ccccc1C(=O)N1CCCCC1)c1ccc2ncsc2c1. The summed E-state index contributed by atoms with van der Waals surface area (Å²) in [5.74, 6) is -0.238. The Morgan fingerprint density at radius 1 is 1.04 bits per heavy atom. The van der Waals surface area contributed by atoms with E-state index < -0.39 is 0 Å². The normalized spacial score (nSPS) is 14.4. The van der Waals surface area contributed by atoms with Crippen molar-refractivity contribution in [1.29, 1.82) is 0 Å². The summed E-state index contributed by atoms with van der Waals surface area (Å²) >= 11 is 1.50. The van der Waals surface area contributed by atoms with Crippen LogP contribution in [0, 0.1) is 0 Å². The molecule has 0 spiro atoms. The van der Waals surface area contributed by atoms with E-state index in [9.17, 15) is 9.59 Å². The lowest BCUT2D eigenvalue weighted by atomic mass is 10.1. The molecule has 1 fully saturated rings. The maximum Gasteiger partial charge on any atom is 0.255 e. The van der Waals surface area contributed by atoms with E-state index in [1.807, 2.05) is 29.2 Å². The van der Waals surface area contributed by atoms with Gasteiger partial charge >= 0.3 is 0 Å². The van der Waals surface area contributed by atoms with Gasteiger partial charge in [-0.15, -0.1) is 11.3 Å². The number of nitrogens with zero attached hydrogens (tertiary/aromatic N) is 2. The number of carbonyl (C=O) groups excluding carboxylic acids is 2. The highest BCUT2D eigenvalue weighted by Gasteiger charge is 2.21. The number of hydrogen-bond donors (Lipinski definition) is 1. The molecule has 0 unspecified atom stereocenters. The number of thiazole rings is 1. The van der Waals surface area contributed by atoms with E-state index >= 15 is 0 Å². The molecule has 0 bridgehead atoms. The van der Waals surface area contributed by atoms with Crippen molar-refractivity contribution in [3.05, 3.63) is 59.1 Å². The van der Waals surface area contributed by atoms with Crippen molar-refractivity contribution in [2.24, 2.45) is 0 Å². The van der Waals surface area contributed by atoms with Crippen LogP contribution in [-0.2, 0) is 0 Å². The summed E-state index contributed by atoms with van der Waals surface area (Å²) in [5, 5.41) is 2.90. The molecule has 1 aliphatic heterocycles. The topological polar surface area (TPSA) is 62.3 Å². The molecule has 0 atom stereocenters.